The molecule has 0 heterocycles. The van der Waals surface area contributed by atoms with Gasteiger partial charge in [-0.05, 0) is 51.0 Å². The van der Waals surface area contributed by atoms with Gasteiger partial charge in [0.15, 0.2) is 0 Å². The summed E-state index contributed by atoms with van der Waals surface area (Å²) in [6.45, 7) is 0. The molecule has 64 valence electrons. The molecule has 12 heavy (non-hydrogen) atoms. The predicted molar refractivity (Wildman–Crippen MR) is 51.8 cm³/mol. The van der Waals surface area contributed by atoms with E-state index in [2.05, 4.69) is 5.18 Å². The van der Waals surface area contributed by atoms with Crippen molar-refractivity contribution in [3.63, 3.8) is 0 Å². The van der Waals surface area contributed by atoms with E-state index in [1.54, 1.807) is 12.1 Å². The first kappa shape index (κ1) is 9.75. The summed E-state index contributed by atoms with van der Waals surface area (Å²) in [7, 11) is 0. The van der Waals surface area contributed by atoms with Crippen molar-refractivity contribution in [3.8, 4) is 0 Å². The third-order valence-electron chi connectivity index (χ3n) is 1.22. The van der Waals surface area contributed by atoms with E-state index in [1.165, 1.54) is 6.07 Å². The Morgan fingerprint density at radius 1 is 1.50 bits per heavy atom. The molecule has 1 atom stereocenters. The van der Waals surface area contributed by atoms with Crippen LogP contribution in [0.25, 0.3) is 0 Å². The summed E-state index contributed by atoms with van der Waals surface area (Å²) in [4.78, 5) is 10.2. The van der Waals surface area contributed by atoms with Crippen LogP contribution in [0, 0.1) is 8.48 Å². The first-order chi connectivity index (χ1) is 5.66. The lowest BCUT2D eigenvalue weighted by Crippen LogP contribution is -1.90. The van der Waals surface area contributed by atoms with Gasteiger partial charge in [-0.15, -0.1) is 4.91 Å². The van der Waals surface area contributed by atoms with Crippen LogP contribution in [0.1, 0.15) is 0 Å². The first-order valence-corrected chi connectivity index (χ1v) is 5.03. The topological polar surface area (TPSA) is 69.6 Å². The number of halogens is 1. The van der Waals surface area contributed by atoms with E-state index in [1.807, 2.05) is 22.6 Å². The van der Waals surface area contributed by atoms with Gasteiger partial charge in [0, 0.05) is 3.57 Å². The second kappa shape index (κ2) is 4.06. The summed E-state index contributed by atoms with van der Waals surface area (Å²) in [6.07, 6.45) is 0. The number of nitrogens with zero attached hydrogens (tertiary/aromatic N) is 1. The molecule has 1 aromatic carbocycles. The Morgan fingerprint density at radius 3 is 2.58 bits per heavy atom. The van der Waals surface area contributed by atoms with Crippen LogP contribution in [0.3, 0.4) is 0 Å². The van der Waals surface area contributed by atoms with Crippen molar-refractivity contribution in [2.45, 2.75) is 4.90 Å². The fourth-order valence-corrected chi connectivity index (χ4v) is 1.99. The Bertz CT molecular complexity index is 342. The van der Waals surface area contributed by atoms with Crippen LogP contribution in [0.4, 0.5) is 5.69 Å². The zero-order valence-electron chi connectivity index (χ0n) is 5.69. The molecule has 1 unspecified atom stereocenters. The standard InChI is InChI=1S/C6H4INO3S/c7-4-2-1-3-5(12(10)11)6(4)8-9/h1-3H,(H,10,11)/p-1. The maximum absolute atomic E-state index is 10.5. The summed E-state index contributed by atoms with van der Waals surface area (Å²) in [5, 5.41) is 2.64. The van der Waals surface area contributed by atoms with Crippen molar-refractivity contribution in [2.75, 3.05) is 0 Å². The molecule has 6 heteroatoms. The molecular weight excluding hydrogens is 293 g/mol. The zero-order chi connectivity index (χ0) is 9.14. The van der Waals surface area contributed by atoms with Gasteiger partial charge in [0.2, 0.25) is 0 Å². The quantitative estimate of drug-likeness (QED) is 0.475. The lowest BCUT2D eigenvalue weighted by atomic mass is 10.3. The lowest BCUT2D eigenvalue weighted by molar-refractivity contribution is 0.537. The van der Waals surface area contributed by atoms with Crippen LogP contribution >= 0.6 is 22.6 Å². The van der Waals surface area contributed by atoms with Crippen LogP contribution in [0.15, 0.2) is 28.3 Å². The number of hydrogen-bond donors (Lipinski definition) is 0. The molecule has 0 aliphatic heterocycles. The van der Waals surface area contributed by atoms with Gasteiger partial charge in [0.05, 0.1) is 4.90 Å². The van der Waals surface area contributed by atoms with E-state index in [9.17, 15) is 13.7 Å². The molecule has 0 saturated carbocycles. The molecule has 0 spiro atoms. The van der Waals surface area contributed by atoms with E-state index >= 15 is 0 Å². The molecule has 1 rings (SSSR count). The number of benzene rings is 1. The Hall–Kier alpha value is -0.340. The molecule has 0 aliphatic carbocycles. The Morgan fingerprint density at radius 2 is 2.17 bits per heavy atom. The molecule has 0 N–H and O–H groups in total. The first-order valence-electron chi connectivity index (χ1n) is 2.88. The van der Waals surface area contributed by atoms with Crippen LogP contribution in [-0.4, -0.2) is 8.76 Å². The van der Waals surface area contributed by atoms with E-state index in [0.717, 1.165) is 0 Å². The molecule has 1 aromatic rings. The van der Waals surface area contributed by atoms with Gasteiger partial charge in [0.25, 0.3) is 0 Å². The summed E-state index contributed by atoms with van der Waals surface area (Å²) >= 11 is -0.547. The predicted octanol–water partition coefficient (Wildman–Crippen LogP) is 1.93. The molecule has 0 fully saturated rings. The summed E-state index contributed by atoms with van der Waals surface area (Å²) in [6, 6.07) is 4.51. The minimum atomic E-state index is -2.40. The highest BCUT2D eigenvalue weighted by Crippen LogP contribution is 2.27. The SMILES string of the molecule is O=Nc1c(I)cccc1S(=O)[O-]. The van der Waals surface area contributed by atoms with Crippen molar-refractivity contribution < 1.29 is 8.76 Å². The molecular formula is C6H3INO3S-. The molecule has 0 bridgehead atoms. The van der Waals surface area contributed by atoms with Crippen molar-refractivity contribution in [1.82, 2.24) is 0 Å². The van der Waals surface area contributed by atoms with Crippen LogP contribution in [-0.2, 0) is 11.1 Å². The van der Waals surface area contributed by atoms with Crippen LogP contribution < -0.4 is 0 Å². The van der Waals surface area contributed by atoms with Gasteiger partial charge >= 0.3 is 0 Å². The van der Waals surface area contributed by atoms with Gasteiger partial charge in [-0.25, -0.2) is 0 Å². The van der Waals surface area contributed by atoms with Gasteiger partial charge in [-0.2, -0.15) is 0 Å². The third-order valence-corrected chi connectivity index (χ3v) is 2.78. The maximum Gasteiger partial charge on any atom is 0.136 e. The van der Waals surface area contributed by atoms with Crippen molar-refractivity contribution in [1.29, 1.82) is 0 Å². The molecule has 0 saturated heterocycles. The van der Waals surface area contributed by atoms with Gasteiger partial charge in [-0.3, -0.25) is 4.21 Å². The van der Waals surface area contributed by atoms with Crippen LogP contribution in [0.2, 0.25) is 0 Å². The molecule has 0 amide bonds. The third kappa shape index (κ3) is 1.87. The fourth-order valence-electron chi connectivity index (χ4n) is 0.719. The zero-order valence-corrected chi connectivity index (χ0v) is 8.66. The van der Waals surface area contributed by atoms with Gasteiger partial charge in [0.1, 0.15) is 5.69 Å². The Kier molecular flexibility index (Phi) is 3.29. The second-order valence-electron chi connectivity index (χ2n) is 1.91. The molecule has 4 nitrogen and oxygen atoms in total. The van der Waals surface area contributed by atoms with Gasteiger partial charge in [-0.1, -0.05) is 6.07 Å². The van der Waals surface area contributed by atoms with Crippen LogP contribution in [0.5, 0.6) is 0 Å². The van der Waals surface area contributed by atoms with Crippen molar-refractivity contribution >= 4 is 39.4 Å². The second-order valence-corrected chi connectivity index (χ2v) is 3.98. The normalized spacial score (nSPS) is 12.5. The van der Waals surface area contributed by atoms with E-state index in [4.69, 9.17) is 0 Å². The maximum atomic E-state index is 10.5. The average Bonchev–Trinajstić information content (AvgIpc) is 2.03. The number of hydrogen-bond acceptors (Lipinski definition) is 4. The average molecular weight is 296 g/mol. The lowest BCUT2D eigenvalue weighted by Gasteiger charge is -2.06. The highest BCUT2D eigenvalue weighted by Gasteiger charge is 2.06. The summed E-state index contributed by atoms with van der Waals surface area (Å²) < 4.78 is 21.6. The minimum Gasteiger partial charge on any atom is -0.768 e. The monoisotopic (exact) mass is 296 g/mol. The summed E-state index contributed by atoms with van der Waals surface area (Å²) in [5.74, 6) is 0. The fraction of sp³-hybridized carbons (Fsp3) is 0. The van der Waals surface area contributed by atoms with E-state index < -0.39 is 11.1 Å². The molecule has 0 aliphatic rings. The molecule has 0 aromatic heterocycles. The Balaban J connectivity index is 3.37. The summed E-state index contributed by atoms with van der Waals surface area (Å²) in [5.41, 5.74) is -0.0218. The highest BCUT2D eigenvalue weighted by atomic mass is 127. The van der Waals surface area contributed by atoms with E-state index in [0.29, 0.717) is 3.57 Å². The smallest absolute Gasteiger partial charge is 0.136 e. The minimum absolute atomic E-state index is 0.0218. The highest BCUT2D eigenvalue weighted by molar-refractivity contribution is 14.1. The largest absolute Gasteiger partial charge is 0.768 e. The number of nitroso groups, excluding NO2 is 1. The van der Waals surface area contributed by atoms with Crippen molar-refractivity contribution in [3.05, 3.63) is 26.7 Å². The van der Waals surface area contributed by atoms with Crippen molar-refractivity contribution in [2.24, 2.45) is 5.18 Å². The number of rotatable bonds is 2. The Labute approximate surface area is 84.8 Å². The van der Waals surface area contributed by atoms with E-state index in [-0.39, 0.29) is 10.6 Å². The van der Waals surface area contributed by atoms with Gasteiger partial charge < -0.3 is 4.55 Å². The molecule has 0 radical (unpaired) electrons.